The minimum Gasteiger partial charge on any atom is -0.390 e. The predicted octanol–water partition coefficient (Wildman–Crippen LogP) is 4.53. The van der Waals surface area contributed by atoms with Gasteiger partial charge in [-0.3, -0.25) is 0 Å². The number of hydrogen-bond donors (Lipinski definition) is 2. The number of nitrogens with one attached hydrogen (secondary N) is 1. The summed E-state index contributed by atoms with van der Waals surface area (Å²) < 4.78 is 0. The Morgan fingerprint density at radius 1 is 1.00 bits per heavy atom. The zero-order chi connectivity index (χ0) is 15.1. The number of rotatable bonds is 2. The molecule has 2 heterocycles. The number of aromatic amines is 1. The molecule has 2 N–H and O–H groups in total. The van der Waals surface area contributed by atoms with Crippen LogP contribution in [0.1, 0.15) is 5.69 Å². The molecule has 0 aliphatic rings. The van der Waals surface area contributed by atoms with Gasteiger partial charge < -0.3 is 10.1 Å². The van der Waals surface area contributed by atoms with E-state index < -0.39 is 0 Å². The van der Waals surface area contributed by atoms with Gasteiger partial charge in [0.1, 0.15) is 0 Å². The highest BCUT2D eigenvalue weighted by atomic mass is 35.5. The molecule has 4 rings (SSSR count). The average molecular weight is 309 g/mol. The number of halogens is 1. The highest BCUT2D eigenvalue weighted by Gasteiger charge is 2.13. The number of para-hydroxylation sites is 1. The third-order valence-electron chi connectivity index (χ3n) is 3.81. The zero-order valence-corrected chi connectivity index (χ0v) is 12.4. The predicted molar refractivity (Wildman–Crippen MR) is 90.0 cm³/mol. The van der Waals surface area contributed by atoms with E-state index in [9.17, 15) is 5.11 Å². The second kappa shape index (κ2) is 5.13. The van der Waals surface area contributed by atoms with Crippen LogP contribution in [0.2, 0.25) is 5.02 Å². The molecule has 2 aromatic heterocycles. The summed E-state index contributed by atoms with van der Waals surface area (Å²) in [7, 11) is 0. The normalized spacial score (nSPS) is 11.4. The minimum absolute atomic E-state index is 0.0942. The van der Waals surface area contributed by atoms with Gasteiger partial charge in [0.2, 0.25) is 0 Å². The molecule has 0 aliphatic heterocycles. The first-order valence-corrected chi connectivity index (χ1v) is 7.41. The number of pyridine rings is 1. The maximum atomic E-state index is 9.53. The van der Waals surface area contributed by atoms with Crippen LogP contribution < -0.4 is 0 Å². The maximum absolute atomic E-state index is 9.53. The number of H-pyrrole nitrogens is 1. The van der Waals surface area contributed by atoms with Crippen molar-refractivity contribution in [3.8, 4) is 11.3 Å². The summed E-state index contributed by atoms with van der Waals surface area (Å²) in [6, 6.07) is 17.6. The highest BCUT2D eigenvalue weighted by molar-refractivity contribution is 6.31. The first kappa shape index (κ1) is 13.3. The first-order valence-electron chi connectivity index (χ1n) is 7.03. The van der Waals surface area contributed by atoms with Gasteiger partial charge in [0.05, 0.1) is 23.5 Å². The van der Waals surface area contributed by atoms with E-state index in [4.69, 9.17) is 11.6 Å². The van der Waals surface area contributed by atoms with E-state index in [2.05, 4.69) is 16.0 Å². The Bertz CT molecular complexity index is 991. The summed E-state index contributed by atoms with van der Waals surface area (Å²) >= 11 is 6.11. The average Bonchev–Trinajstić information content (AvgIpc) is 2.92. The first-order chi connectivity index (χ1) is 10.8. The molecule has 0 saturated carbocycles. The van der Waals surface area contributed by atoms with Crippen LogP contribution in [0.4, 0.5) is 0 Å². The fourth-order valence-corrected chi connectivity index (χ4v) is 3.01. The van der Waals surface area contributed by atoms with Gasteiger partial charge in [0, 0.05) is 26.9 Å². The quantitative estimate of drug-likeness (QED) is 0.571. The van der Waals surface area contributed by atoms with Crippen LogP contribution in [-0.4, -0.2) is 15.1 Å². The van der Waals surface area contributed by atoms with Crippen LogP contribution in [0.25, 0.3) is 33.1 Å². The van der Waals surface area contributed by atoms with Crippen molar-refractivity contribution in [3.63, 3.8) is 0 Å². The molecule has 0 bridgehead atoms. The van der Waals surface area contributed by atoms with Gasteiger partial charge in [-0.15, -0.1) is 0 Å². The van der Waals surface area contributed by atoms with Crippen LogP contribution >= 0.6 is 11.6 Å². The third-order valence-corrected chi connectivity index (χ3v) is 4.04. The second-order valence-electron chi connectivity index (χ2n) is 5.22. The molecule has 108 valence electrons. The molecule has 0 atom stereocenters. The van der Waals surface area contributed by atoms with Crippen LogP contribution in [0.15, 0.2) is 54.6 Å². The van der Waals surface area contributed by atoms with Crippen molar-refractivity contribution >= 4 is 33.4 Å². The number of hydrogen-bond acceptors (Lipinski definition) is 2. The lowest BCUT2D eigenvalue weighted by Gasteiger charge is -2.06. The Morgan fingerprint density at radius 3 is 2.68 bits per heavy atom. The van der Waals surface area contributed by atoms with Gasteiger partial charge in [0.15, 0.2) is 0 Å². The van der Waals surface area contributed by atoms with Crippen LogP contribution in [0.3, 0.4) is 0 Å². The lowest BCUT2D eigenvalue weighted by Crippen LogP contribution is -1.93. The van der Waals surface area contributed by atoms with Crippen molar-refractivity contribution in [1.29, 1.82) is 0 Å². The summed E-state index contributed by atoms with van der Waals surface area (Å²) in [6.07, 6.45) is 0. The van der Waals surface area contributed by atoms with Crippen molar-refractivity contribution in [3.05, 3.63) is 65.3 Å². The molecule has 0 saturated heterocycles. The SMILES string of the molecule is OCc1cc2c([nH]c3ccccc32)c(-c2cccc(Cl)c2)n1. The molecule has 0 amide bonds. The fraction of sp³-hybridized carbons (Fsp3) is 0.0556. The molecule has 4 aromatic rings. The summed E-state index contributed by atoms with van der Waals surface area (Å²) in [6.45, 7) is -0.0942. The molecule has 22 heavy (non-hydrogen) atoms. The number of aliphatic hydroxyl groups is 1. The Balaban J connectivity index is 2.12. The smallest absolute Gasteiger partial charge is 0.0948 e. The van der Waals surface area contributed by atoms with Crippen LogP contribution in [0, 0.1) is 0 Å². The molecule has 0 aliphatic carbocycles. The van der Waals surface area contributed by atoms with Gasteiger partial charge in [-0.05, 0) is 24.3 Å². The summed E-state index contributed by atoms with van der Waals surface area (Å²) in [5.74, 6) is 0. The van der Waals surface area contributed by atoms with E-state index in [1.54, 1.807) is 0 Å². The van der Waals surface area contributed by atoms with Crippen molar-refractivity contribution in [2.75, 3.05) is 0 Å². The Labute approximate surface area is 132 Å². The van der Waals surface area contributed by atoms with Crippen LogP contribution in [-0.2, 0) is 6.61 Å². The monoisotopic (exact) mass is 308 g/mol. The standard InChI is InChI=1S/C18H13ClN2O/c19-12-5-3-4-11(8-12)17-18-15(9-13(10-22)20-17)14-6-1-2-7-16(14)21-18/h1-9,21-22H,10H2. The van der Waals surface area contributed by atoms with Crippen molar-refractivity contribution < 1.29 is 5.11 Å². The lowest BCUT2D eigenvalue weighted by atomic mass is 10.1. The molecule has 0 fully saturated rings. The van der Waals surface area contributed by atoms with E-state index >= 15 is 0 Å². The molecule has 4 heteroatoms. The second-order valence-corrected chi connectivity index (χ2v) is 5.66. The van der Waals surface area contributed by atoms with E-state index in [1.165, 1.54) is 0 Å². The van der Waals surface area contributed by atoms with E-state index in [1.807, 2.05) is 48.5 Å². The van der Waals surface area contributed by atoms with Crippen molar-refractivity contribution in [2.24, 2.45) is 0 Å². The topological polar surface area (TPSA) is 48.9 Å². The number of nitrogens with zero attached hydrogens (tertiary/aromatic N) is 1. The van der Waals surface area contributed by atoms with E-state index in [0.29, 0.717) is 10.7 Å². The highest BCUT2D eigenvalue weighted by Crippen LogP contribution is 2.33. The zero-order valence-electron chi connectivity index (χ0n) is 11.7. The van der Waals surface area contributed by atoms with Gasteiger partial charge in [-0.1, -0.05) is 41.9 Å². The fourth-order valence-electron chi connectivity index (χ4n) is 2.82. The molecular weight excluding hydrogens is 296 g/mol. The van der Waals surface area contributed by atoms with Crippen LogP contribution in [0.5, 0.6) is 0 Å². The van der Waals surface area contributed by atoms with Crippen molar-refractivity contribution in [2.45, 2.75) is 6.61 Å². The van der Waals surface area contributed by atoms with E-state index in [-0.39, 0.29) is 6.61 Å². The lowest BCUT2D eigenvalue weighted by molar-refractivity contribution is 0.277. The van der Waals surface area contributed by atoms with Gasteiger partial charge in [0.25, 0.3) is 0 Å². The molecule has 0 spiro atoms. The Morgan fingerprint density at radius 2 is 1.86 bits per heavy atom. The van der Waals surface area contributed by atoms with E-state index in [0.717, 1.165) is 33.1 Å². The summed E-state index contributed by atoms with van der Waals surface area (Å²) in [5, 5.41) is 12.4. The number of aromatic nitrogens is 2. The maximum Gasteiger partial charge on any atom is 0.0948 e. The largest absolute Gasteiger partial charge is 0.390 e. The van der Waals surface area contributed by atoms with Gasteiger partial charge in [-0.2, -0.15) is 0 Å². The Hall–Kier alpha value is -2.36. The Kier molecular flexibility index (Phi) is 3.10. The summed E-state index contributed by atoms with van der Waals surface area (Å²) in [5.41, 5.74) is 4.39. The minimum atomic E-state index is -0.0942. The number of benzene rings is 2. The number of aliphatic hydroxyl groups excluding tert-OH is 1. The van der Waals surface area contributed by atoms with Crippen molar-refractivity contribution in [1.82, 2.24) is 9.97 Å². The molecule has 0 radical (unpaired) electrons. The molecule has 3 nitrogen and oxygen atoms in total. The molecule has 0 unspecified atom stereocenters. The third kappa shape index (κ3) is 2.06. The summed E-state index contributed by atoms with van der Waals surface area (Å²) in [4.78, 5) is 8.01. The van der Waals surface area contributed by atoms with Gasteiger partial charge in [-0.25, -0.2) is 4.98 Å². The number of fused-ring (bicyclic) bond motifs is 3. The van der Waals surface area contributed by atoms with Gasteiger partial charge >= 0.3 is 0 Å². The molecular formula is C18H13ClN2O. The molecule has 2 aromatic carbocycles.